The summed E-state index contributed by atoms with van der Waals surface area (Å²) in [5.41, 5.74) is 1.38. The summed E-state index contributed by atoms with van der Waals surface area (Å²) in [6.45, 7) is 0. The Morgan fingerprint density at radius 2 is 1.85 bits per heavy atom. The standard InChI is InChI=1S/C17H16N6O2S/c1-22-9-8-12(20-22)17-19-18-15-6-7-16(21-23(15)17)26-14-10-11(24-2)4-5-13(14)25-3/h4-10H,1-3H3. The van der Waals surface area contributed by atoms with Gasteiger partial charge in [0.2, 0.25) is 5.82 Å². The molecule has 8 nitrogen and oxygen atoms in total. The van der Waals surface area contributed by atoms with Gasteiger partial charge in [0.25, 0.3) is 0 Å². The zero-order chi connectivity index (χ0) is 18.1. The van der Waals surface area contributed by atoms with E-state index in [-0.39, 0.29) is 0 Å². The minimum Gasteiger partial charge on any atom is -0.497 e. The molecular weight excluding hydrogens is 352 g/mol. The van der Waals surface area contributed by atoms with E-state index >= 15 is 0 Å². The number of hydrogen-bond acceptors (Lipinski definition) is 7. The molecule has 0 unspecified atom stereocenters. The molecule has 0 aliphatic rings. The first-order chi connectivity index (χ1) is 12.7. The molecule has 0 N–H and O–H groups in total. The quantitative estimate of drug-likeness (QED) is 0.536. The van der Waals surface area contributed by atoms with Crippen LogP contribution in [0, 0.1) is 0 Å². The maximum Gasteiger partial charge on any atom is 0.205 e. The van der Waals surface area contributed by atoms with Crippen molar-refractivity contribution in [2.24, 2.45) is 7.05 Å². The highest BCUT2D eigenvalue weighted by molar-refractivity contribution is 7.99. The first-order valence-corrected chi connectivity index (χ1v) is 8.62. The lowest BCUT2D eigenvalue weighted by molar-refractivity contribution is 0.394. The smallest absolute Gasteiger partial charge is 0.205 e. The molecule has 132 valence electrons. The van der Waals surface area contributed by atoms with Gasteiger partial charge in [-0.25, -0.2) is 0 Å². The molecule has 0 radical (unpaired) electrons. The van der Waals surface area contributed by atoms with Crippen molar-refractivity contribution < 1.29 is 9.47 Å². The molecule has 4 rings (SSSR count). The van der Waals surface area contributed by atoms with E-state index in [2.05, 4.69) is 20.4 Å². The molecule has 0 bridgehead atoms. The van der Waals surface area contributed by atoms with E-state index in [1.165, 1.54) is 11.8 Å². The summed E-state index contributed by atoms with van der Waals surface area (Å²) >= 11 is 1.48. The monoisotopic (exact) mass is 368 g/mol. The lowest BCUT2D eigenvalue weighted by Crippen LogP contribution is -1.98. The SMILES string of the molecule is COc1ccc(OC)c(Sc2ccc3nnc(-c4ccn(C)n4)n3n2)c1. The third-order valence-electron chi connectivity index (χ3n) is 3.77. The number of ether oxygens (including phenoxy) is 2. The molecule has 3 heterocycles. The lowest BCUT2D eigenvalue weighted by atomic mass is 10.3. The Morgan fingerprint density at radius 3 is 2.58 bits per heavy atom. The molecule has 3 aromatic heterocycles. The molecule has 0 saturated carbocycles. The zero-order valence-corrected chi connectivity index (χ0v) is 15.3. The van der Waals surface area contributed by atoms with Crippen molar-refractivity contribution in [2.75, 3.05) is 14.2 Å². The van der Waals surface area contributed by atoms with Crippen molar-refractivity contribution >= 4 is 17.4 Å². The summed E-state index contributed by atoms with van der Waals surface area (Å²) in [5, 5.41) is 18.2. The van der Waals surface area contributed by atoms with Crippen LogP contribution in [0.25, 0.3) is 17.2 Å². The molecule has 0 amide bonds. The molecular formula is C17H16N6O2S. The summed E-state index contributed by atoms with van der Waals surface area (Å²) in [6, 6.07) is 11.3. The predicted octanol–water partition coefficient (Wildman–Crippen LogP) is 2.69. The fraction of sp³-hybridized carbons (Fsp3) is 0.176. The highest BCUT2D eigenvalue weighted by Crippen LogP contribution is 2.36. The fourth-order valence-corrected chi connectivity index (χ4v) is 3.41. The lowest BCUT2D eigenvalue weighted by Gasteiger charge is -2.09. The molecule has 0 atom stereocenters. The maximum atomic E-state index is 5.44. The number of aryl methyl sites for hydroxylation is 1. The van der Waals surface area contributed by atoms with Gasteiger partial charge in [-0.3, -0.25) is 4.68 Å². The van der Waals surface area contributed by atoms with Gasteiger partial charge in [-0.1, -0.05) is 11.8 Å². The number of benzene rings is 1. The van der Waals surface area contributed by atoms with E-state index in [4.69, 9.17) is 9.47 Å². The van der Waals surface area contributed by atoms with Gasteiger partial charge in [0.05, 0.1) is 19.1 Å². The third kappa shape index (κ3) is 2.97. The van der Waals surface area contributed by atoms with Gasteiger partial charge in [0, 0.05) is 13.2 Å². The summed E-state index contributed by atoms with van der Waals surface area (Å²) in [6.07, 6.45) is 1.86. The van der Waals surface area contributed by atoms with Gasteiger partial charge in [-0.15, -0.1) is 10.2 Å². The largest absolute Gasteiger partial charge is 0.497 e. The van der Waals surface area contributed by atoms with Crippen molar-refractivity contribution in [3.63, 3.8) is 0 Å². The Labute approximate surface area is 153 Å². The maximum absolute atomic E-state index is 5.44. The Kier molecular flexibility index (Phi) is 4.21. The molecule has 0 spiro atoms. The second kappa shape index (κ2) is 6.68. The number of methoxy groups -OCH3 is 2. The van der Waals surface area contributed by atoms with Crippen molar-refractivity contribution in [2.45, 2.75) is 9.92 Å². The molecule has 0 fully saturated rings. The van der Waals surface area contributed by atoms with Gasteiger partial charge in [0.15, 0.2) is 5.65 Å². The Morgan fingerprint density at radius 1 is 0.962 bits per heavy atom. The first-order valence-electron chi connectivity index (χ1n) is 7.80. The van der Waals surface area contributed by atoms with Crippen LogP contribution >= 0.6 is 11.8 Å². The molecule has 0 aliphatic carbocycles. The van der Waals surface area contributed by atoms with Crippen LogP contribution in [0.5, 0.6) is 11.5 Å². The molecule has 4 aromatic rings. The summed E-state index contributed by atoms with van der Waals surface area (Å²) in [7, 11) is 5.13. The van der Waals surface area contributed by atoms with E-state index in [1.807, 2.05) is 49.6 Å². The second-order valence-electron chi connectivity index (χ2n) is 5.46. The van der Waals surface area contributed by atoms with Crippen LogP contribution in [0.4, 0.5) is 0 Å². The van der Waals surface area contributed by atoms with Crippen molar-refractivity contribution in [3.05, 3.63) is 42.6 Å². The first kappa shape index (κ1) is 16.4. The summed E-state index contributed by atoms with van der Waals surface area (Å²) in [4.78, 5) is 0.908. The highest BCUT2D eigenvalue weighted by Gasteiger charge is 2.14. The molecule has 26 heavy (non-hydrogen) atoms. The number of nitrogens with zero attached hydrogens (tertiary/aromatic N) is 6. The number of fused-ring (bicyclic) bond motifs is 1. The second-order valence-corrected chi connectivity index (χ2v) is 6.52. The Bertz CT molecular complexity index is 1070. The van der Waals surface area contributed by atoms with E-state index in [0.717, 1.165) is 21.4 Å². The molecule has 9 heteroatoms. The normalized spacial score (nSPS) is 11.0. The van der Waals surface area contributed by atoms with Crippen LogP contribution in [0.2, 0.25) is 0 Å². The summed E-state index contributed by atoms with van der Waals surface area (Å²) < 4.78 is 14.2. The van der Waals surface area contributed by atoms with Gasteiger partial charge < -0.3 is 9.47 Å². The average Bonchev–Trinajstić information content (AvgIpc) is 3.27. The van der Waals surface area contributed by atoms with Crippen molar-refractivity contribution in [3.8, 4) is 23.0 Å². The van der Waals surface area contributed by atoms with Crippen LogP contribution in [-0.4, -0.2) is 43.8 Å². The highest BCUT2D eigenvalue weighted by atomic mass is 32.2. The van der Waals surface area contributed by atoms with Gasteiger partial charge in [-0.2, -0.15) is 14.7 Å². The van der Waals surface area contributed by atoms with Crippen molar-refractivity contribution in [1.82, 2.24) is 29.6 Å². The number of hydrogen-bond donors (Lipinski definition) is 0. The Hall–Kier alpha value is -3.07. The van der Waals surface area contributed by atoms with Crippen LogP contribution < -0.4 is 9.47 Å². The minimum atomic E-state index is 0.598. The topological polar surface area (TPSA) is 79.4 Å². The number of rotatable bonds is 5. The van der Waals surface area contributed by atoms with E-state index < -0.39 is 0 Å². The number of aromatic nitrogens is 6. The average molecular weight is 368 g/mol. The van der Waals surface area contributed by atoms with Gasteiger partial charge in [-0.05, 0) is 36.4 Å². The minimum absolute atomic E-state index is 0.598. The summed E-state index contributed by atoms with van der Waals surface area (Å²) in [5.74, 6) is 2.11. The van der Waals surface area contributed by atoms with E-state index in [0.29, 0.717) is 17.2 Å². The zero-order valence-electron chi connectivity index (χ0n) is 14.4. The van der Waals surface area contributed by atoms with Crippen LogP contribution in [0.15, 0.2) is 52.5 Å². The predicted molar refractivity (Wildman–Crippen MR) is 96.7 cm³/mol. The molecule has 0 saturated heterocycles. The Balaban J connectivity index is 1.74. The third-order valence-corrected chi connectivity index (χ3v) is 4.73. The van der Waals surface area contributed by atoms with Crippen LogP contribution in [-0.2, 0) is 7.05 Å². The van der Waals surface area contributed by atoms with Crippen molar-refractivity contribution in [1.29, 1.82) is 0 Å². The van der Waals surface area contributed by atoms with Crippen LogP contribution in [0.3, 0.4) is 0 Å². The van der Waals surface area contributed by atoms with E-state index in [9.17, 15) is 0 Å². The molecule has 1 aromatic carbocycles. The van der Waals surface area contributed by atoms with E-state index in [1.54, 1.807) is 23.4 Å². The van der Waals surface area contributed by atoms with Crippen LogP contribution in [0.1, 0.15) is 0 Å². The molecule has 0 aliphatic heterocycles. The van der Waals surface area contributed by atoms with Gasteiger partial charge in [0.1, 0.15) is 22.2 Å². The van der Waals surface area contributed by atoms with Gasteiger partial charge >= 0.3 is 0 Å². The fourth-order valence-electron chi connectivity index (χ4n) is 2.50.